The highest BCUT2D eigenvalue weighted by Gasteiger charge is 2.30. The van der Waals surface area contributed by atoms with E-state index < -0.39 is 3.79 Å². The molecular weight excluding hydrogens is 306 g/mol. The van der Waals surface area contributed by atoms with Gasteiger partial charge in [-0.2, -0.15) is 4.98 Å². The van der Waals surface area contributed by atoms with Gasteiger partial charge in [0.2, 0.25) is 9.74 Å². The molecule has 0 bridgehead atoms. The van der Waals surface area contributed by atoms with Crippen LogP contribution in [-0.4, -0.2) is 23.1 Å². The monoisotopic (exact) mass is 316 g/mol. The molecule has 0 saturated carbocycles. The van der Waals surface area contributed by atoms with Gasteiger partial charge in [-0.05, 0) is 13.8 Å². The lowest BCUT2D eigenvalue weighted by Crippen LogP contribution is -2.13. The summed E-state index contributed by atoms with van der Waals surface area (Å²) >= 11 is 23.5. The molecule has 0 unspecified atom stereocenters. The van der Waals surface area contributed by atoms with E-state index in [1.807, 2.05) is 13.8 Å². The van der Waals surface area contributed by atoms with E-state index in [1.54, 1.807) is 0 Å². The zero-order valence-electron chi connectivity index (χ0n) is 9.32. The van der Waals surface area contributed by atoms with Crippen LogP contribution >= 0.6 is 46.4 Å². The summed E-state index contributed by atoms with van der Waals surface area (Å²) in [7, 11) is 0. The lowest BCUT2D eigenvalue weighted by molar-refractivity contribution is 1.00. The van der Waals surface area contributed by atoms with Crippen molar-refractivity contribution in [2.24, 2.45) is 0 Å². The number of halogens is 4. The van der Waals surface area contributed by atoms with E-state index >= 15 is 0 Å². The van der Waals surface area contributed by atoms with Gasteiger partial charge in [0.05, 0.1) is 0 Å². The molecule has 0 atom stereocenters. The molecule has 0 amide bonds. The van der Waals surface area contributed by atoms with Crippen LogP contribution in [0.5, 0.6) is 0 Å². The van der Waals surface area contributed by atoms with Crippen LogP contribution in [0, 0.1) is 0 Å². The van der Waals surface area contributed by atoms with Gasteiger partial charge in [0, 0.05) is 13.1 Å². The smallest absolute Gasteiger partial charge is 0.234 e. The molecule has 1 rings (SSSR count). The van der Waals surface area contributed by atoms with Crippen molar-refractivity contribution < 1.29 is 0 Å². The Morgan fingerprint density at radius 3 is 2.12 bits per heavy atom. The molecule has 0 spiro atoms. The van der Waals surface area contributed by atoms with Gasteiger partial charge in [0.15, 0.2) is 5.82 Å². The van der Waals surface area contributed by atoms with Gasteiger partial charge in [0.1, 0.15) is 10.7 Å². The molecule has 1 aromatic heterocycles. The molecular formula is C9H12Cl4N4. The Morgan fingerprint density at radius 1 is 1.06 bits per heavy atom. The summed E-state index contributed by atoms with van der Waals surface area (Å²) in [5, 5.41) is 6.15. The van der Waals surface area contributed by atoms with Crippen molar-refractivity contribution in [3.8, 4) is 0 Å². The molecule has 0 saturated heterocycles. The molecule has 17 heavy (non-hydrogen) atoms. The van der Waals surface area contributed by atoms with Crippen molar-refractivity contribution in [3.05, 3.63) is 10.7 Å². The maximum absolute atomic E-state index is 6.08. The zero-order chi connectivity index (χ0) is 13.1. The standard InChI is InChI=1S/C9H12Cl4N4/c1-3-14-7-5(10)6(9(11,12)13)16-8(17-7)15-4-2/h3-4H2,1-2H3,(H2,14,15,16,17). The van der Waals surface area contributed by atoms with Crippen LogP contribution in [0.1, 0.15) is 19.5 Å². The normalized spacial score (nSPS) is 11.4. The van der Waals surface area contributed by atoms with Crippen LogP contribution in [0.3, 0.4) is 0 Å². The number of aromatic nitrogens is 2. The van der Waals surface area contributed by atoms with Crippen molar-refractivity contribution in [2.75, 3.05) is 23.7 Å². The minimum Gasteiger partial charge on any atom is -0.369 e. The fraction of sp³-hybridized carbons (Fsp3) is 0.556. The number of rotatable bonds is 4. The van der Waals surface area contributed by atoms with Gasteiger partial charge in [-0.25, -0.2) is 4.98 Å². The second kappa shape index (κ2) is 6.14. The zero-order valence-corrected chi connectivity index (χ0v) is 12.3. The minimum absolute atomic E-state index is 0.158. The molecule has 1 aromatic rings. The van der Waals surface area contributed by atoms with E-state index in [4.69, 9.17) is 46.4 Å². The fourth-order valence-electron chi connectivity index (χ4n) is 1.16. The molecule has 96 valence electrons. The Hall–Kier alpha value is -0.160. The highest BCUT2D eigenvalue weighted by atomic mass is 35.6. The first-order valence-corrected chi connectivity index (χ1v) is 6.53. The molecule has 0 fully saturated rings. The lowest BCUT2D eigenvalue weighted by Gasteiger charge is -2.16. The number of nitrogens with one attached hydrogen (secondary N) is 2. The van der Waals surface area contributed by atoms with Crippen molar-refractivity contribution >= 4 is 58.2 Å². The van der Waals surface area contributed by atoms with E-state index in [1.165, 1.54) is 0 Å². The minimum atomic E-state index is -1.69. The number of alkyl halides is 3. The molecule has 2 N–H and O–H groups in total. The van der Waals surface area contributed by atoms with Gasteiger partial charge in [-0.1, -0.05) is 46.4 Å². The summed E-state index contributed by atoms with van der Waals surface area (Å²) < 4.78 is -1.69. The van der Waals surface area contributed by atoms with Gasteiger partial charge in [-0.3, -0.25) is 0 Å². The van der Waals surface area contributed by atoms with Crippen LogP contribution in [-0.2, 0) is 3.79 Å². The van der Waals surface area contributed by atoms with E-state index in [2.05, 4.69) is 20.6 Å². The van der Waals surface area contributed by atoms with Gasteiger partial charge in [-0.15, -0.1) is 0 Å². The summed E-state index contributed by atoms with van der Waals surface area (Å²) in [6.45, 7) is 5.15. The third-order valence-electron chi connectivity index (χ3n) is 1.80. The first kappa shape index (κ1) is 14.9. The number of hydrogen-bond donors (Lipinski definition) is 2. The number of hydrogen-bond acceptors (Lipinski definition) is 4. The Balaban J connectivity index is 3.27. The van der Waals surface area contributed by atoms with Crippen LogP contribution < -0.4 is 10.6 Å². The summed E-state index contributed by atoms with van der Waals surface area (Å²) in [6.07, 6.45) is 0. The van der Waals surface area contributed by atoms with E-state index in [0.717, 1.165) is 0 Å². The Bertz CT molecular complexity index is 391. The van der Waals surface area contributed by atoms with Crippen LogP contribution in [0.15, 0.2) is 0 Å². The average molecular weight is 318 g/mol. The van der Waals surface area contributed by atoms with Gasteiger partial charge in [0.25, 0.3) is 0 Å². The highest BCUT2D eigenvalue weighted by Crippen LogP contribution is 2.42. The molecule has 1 heterocycles. The van der Waals surface area contributed by atoms with Crippen molar-refractivity contribution in [1.82, 2.24) is 9.97 Å². The SMILES string of the molecule is CCNc1nc(NCC)c(Cl)c(C(Cl)(Cl)Cl)n1. The average Bonchev–Trinajstić information content (AvgIpc) is 2.21. The lowest BCUT2D eigenvalue weighted by atomic mass is 10.4. The van der Waals surface area contributed by atoms with Crippen molar-refractivity contribution in [1.29, 1.82) is 0 Å². The molecule has 0 radical (unpaired) electrons. The maximum Gasteiger partial charge on any atom is 0.234 e. The second-order valence-corrected chi connectivity index (χ2v) is 5.78. The summed E-state index contributed by atoms with van der Waals surface area (Å²) in [4.78, 5) is 8.27. The number of anilines is 2. The first-order valence-electron chi connectivity index (χ1n) is 5.02. The second-order valence-electron chi connectivity index (χ2n) is 3.12. The topological polar surface area (TPSA) is 49.8 Å². The Kier molecular flexibility index (Phi) is 5.38. The fourth-order valence-corrected chi connectivity index (χ4v) is 2.01. The first-order chi connectivity index (χ1) is 7.90. The van der Waals surface area contributed by atoms with E-state index in [0.29, 0.717) is 24.9 Å². The Labute approximate surface area is 120 Å². The summed E-state index contributed by atoms with van der Waals surface area (Å²) in [5.74, 6) is 0.815. The predicted molar refractivity (Wildman–Crippen MR) is 74.6 cm³/mol. The predicted octanol–water partition coefficient (Wildman–Crippen LogP) is 3.82. The highest BCUT2D eigenvalue weighted by molar-refractivity contribution is 6.67. The molecule has 0 aliphatic rings. The van der Waals surface area contributed by atoms with Crippen molar-refractivity contribution in [2.45, 2.75) is 17.6 Å². The van der Waals surface area contributed by atoms with Crippen LogP contribution in [0.4, 0.5) is 11.8 Å². The maximum atomic E-state index is 6.08. The molecule has 8 heteroatoms. The summed E-state index contributed by atoms with van der Waals surface area (Å²) in [5.41, 5.74) is 0.158. The van der Waals surface area contributed by atoms with Gasteiger partial charge < -0.3 is 10.6 Å². The Morgan fingerprint density at radius 2 is 1.65 bits per heavy atom. The van der Waals surface area contributed by atoms with Crippen LogP contribution in [0.25, 0.3) is 0 Å². The molecule has 0 aromatic carbocycles. The number of nitrogens with zero attached hydrogens (tertiary/aromatic N) is 2. The third-order valence-corrected chi connectivity index (χ3v) is 2.69. The van der Waals surface area contributed by atoms with Crippen LogP contribution in [0.2, 0.25) is 5.02 Å². The molecule has 0 aliphatic carbocycles. The van der Waals surface area contributed by atoms with E-state index in [9.17, 15) is 0 Å². The van der Waals surface area contributed by atoms with E-state index in [-0.39, 0.29) is 10.7 Å². The quantitative estimate of drug-likeness (QED) is 0.829. The van der Waals surface area contributed by atoms with Crippen molar-refractivity contribution in [3.63, 3.8) is 0 Å². The summed E-state index contributed by atoms with van der Waals surface area (Å²) in [6, 6.07) is 0. The molecule has 4 nitrogen and oxygen atoms in total. The molecule has 0 aliphatic heterocycles. The van der Waals surface area contributed by atoms with Gasteiger partial charge >= 0.3 is 0 Å². The third kappa shape index (κ3) is 3.91. The largest absolute Gasteiger partial charge is 0.369 e.